The van der Waals surface area contributed by atoms with Gasteiger partial charge in [-0.15, -0.1) is 0 Å². The topological polar surface area (TPSA) is 116 Å². The molecule has 4 N–H and O–H groups in total. The summed E-state index contributed by atoms with van der Waals surface area (Å²) in [7, 11) is 0. The molecule has 7 nitrogen and oxygen atoms in total. The fourth-order valence-corrected chi connectivity index (χ4v) is 1.08. The molecule has 0 heterocycles. The van der Waals surface area contributed by atoms with Crippen LogP contribution in [0.15, 0.2) is 11.6 Å². The van der Waals surface area contributed by atoms with Crippen molar-refractivity contribution in [3.05, 3.63) is 11.6 Å². The molecule has 0 aliphatic carbocycles. The number of rotatable bonds is 7. The van der Waals surface area contributed by atoms with E-state index in [-0.39, 0.29) is 12.8 Å². The Kier molecular flexibility index (Phi) is 7.18. The largest absolute Gasteiger partial charge is 0.481 e. The zero-order valence-electron chi connectivity index (χ0n) is 10.4. The van der Waals surface area contributed by atoms with Gasteiger partial charge >= 0.3 is 18.0 Å². The van der Waals surface area contributed by atoms with E-state index < -0.39 is 24.0 Å². The van der Waals surface area contributed by atoms with Crippen LogP contribution in [-0.4, -0.2) is 40.8 Å². The first-order chi connectivity index (χ1) is 8.32. The minimum absolute atomic E-state index is 0.152. The van der Waals surface area contributed by atoms with Crippen molar-refractivity contribution in [1.82, 2.24) is 10.6 Å². The van der Waals surface area contributed by atoms with Crippen LogP contribution in [0.1, 0.15) is 26.7 Å². The molecule has 0 rings (SSSR count). The highest BCUT2D eigenvalue weighted by atomic mass is 16.4. The monoisotopic (exact) mass is 258 g/mol. The van der Waals surface area contributed by atoms with E-state index >= 15 is 0 Å². The number of carbonyl (C=O) groups excluding carboxylic acids is 1. The average Bonchev–Trinajstić information content (AvgIpc) is 2.22. The quantitative estimate of drug-likeness (QED) is 0.498. The molecular formula is C11H18N2O5. The highest BCUT2D eigenvalue weighted by Crippen LogP contribution is 1.98. The number of carboxylic acid groups (broad SMARTS) is 2. The van der Waals surface area contributed by atoms with Gasteiger partial charge in [-0.05, 0) is 20.3 Å². The molecule has 102 valence electrons. The van der Waals surface area contributed by atoms with Crippen LogP contribution < -0.4 is 10.6 Å². The zero-order chi connectivity index (χ0) is 14.1. The summed E-state index contributed by atoms with van der Waals surface area (Å²) in [5.74, 6) is -2.36. The Morgan fingerprint density at radius 3 is 2.28 bits per heavy atom. The maximum atomic E-state index is 11.3. The Hall–Kier alpha value is -2.05. The van der Waals surface area contributed by atoms with Gasteiger partial charge in [-0.1, -0.05) is 11.6 Å². The number of nitrogens with one attached hydrogen (secondary N) is 2. The number of carboxylic acids is 2. The van der Waals surface area contributed by atoms with Gasteiger partial charge in [0.05, 0.1) is 0 Å². The first-order valence-corrected chi connectivity index (χ1v) is 5.45. The van der Waals surface area contributed by atoms with Crippen molar-refractivity contribution in [1.29, 1.82) is 0 Å². The maximum Gasteiger partial charge on any atom is 0.326 e. The standard InChI is InChI=1S/C11H18N2O5/c1-7(2)5-6-12-11(18)13-8(10(16)17)3-4-9(14)15/h5,8H,3-4,6H2,1-2H3,(H,14,15)(H,16,17)(H2,12,13,18)/t8-/m0/s1. The Balaban J connectivity index is 4.15. The third-order valence-corrected chi connectivity index (χ3v) is 2.02. The molecule has 2 amide bonds. The van der Waals surface area contributed by atoms with Crippen LogP contribution in [0, 0.1) is 0 Å². The van der Waals surface area contributed by atoms with Gasteiger partial charge in [-0.25, -0.2) is 9.59 Å². The van der Waals surface area contributed by atoms with Gasteiger partial charge in [-0.2, -0.15) is 0 Å². The molecule has 0 radical (unpaired) electrons. The lowest BCUT2D eigenvalue weighted by atomic mass is 10.1. The van der Waals surface area contributed by atoms with Crippen molar-refractivity contribution in [2.75, 3.05) is 6.54 Å². The van der Waals surface area contributed by atoms with Crippen LogP contribution in [0.5, 0.6) is 0 Å². The fraction of sp³-hybridized carbons (Fsp3) is 0.545. The summed E-state index contributed by atoms with van der Waals surface area (Å²) >= 11 is 0. The van der Waals surface area contributed by atoms with Gasteiger partial charge in [0.2, 0.25) is 0 Å². The zero-order valence-corrected chi connectivity index (χ0v) is 10.4. The van der Waals surface area contributed by atoms with E-state index in [0.717, 1.165) is 5.57 Å². The normalized spacial score (nSPS) is 11.2. The van der Waals surface area contributed by atoms with Crippen LogP contribution in [0.2, 0.25) is 0 Å². The van der Waals surface area contributed by atoms with Crippen LogP contribution in [0.4, 0.5) is 4.79 Å². The van der Waals surface area contributed by atoms with Crippen LogP contribution >= 0.6 is 0 Å². The van der Waals surface area contributed by atoms with Crippen molar-refractivity contribution in [2.24, 2.45) is 0 Å². The molecule has 0 unspecified atom stereocenters. The van der Waals surface area contributed by atoms with E-state index in [1.54, 1.807) is 6.08 Å². The van der Waals surface area contributed by atoms with Crippen LogP contribution in [0.25, 0.3) is 0 Å². The van der Waals surface area contributed by atoms with Gasteiger partial charge in [0, 0.05) is 13.0 Å². The molecule has 0 spiro atoms. The molecule has 0 aliphatic heterocycles. The summed E-state index contributed by atoms with van der Waals surface area (Å²) in [5, 5.41) is 21.9. The number of allylic oxidation sites excluding steroid dienone is 1. The second-order valence-electron chi connectivity index (χ2n) is 3.96. The van der Waals surface area contributed by atoms with Crippen molar-refractivity contribution in [3.63, 3.8) is 0 Å². The lowest BCUT2D eigenvalue weighted by Crippen LogP contribution is -2.46. The number of urea groups is 1. The van der Waals surface area contributed by atoms with Crippen molar-refractivity contribution < 1.29 is 24.6 Å². The van der Waals surface area contributed by atoms with Crippen molar-refractivity contribution in [2.45, 2.75) is 32.7 Å². The highest BCUT2D eigenvalue weighted by molar-refractivity contribution is 5.83. The molecule has 0 aliphatic rings. The average molecular weight is 258 g/mol. The third-order valence-electron chi connectivity index (χ3n) is 2.02. The molecule has 7 heteroatoms. The molecular weight excluding hydrogens is 240 g/mol. The van der Waals surface area contributed by atoms with Gasteiger partial charge < -0.3 is 20.8 Å². The molecule has 0 aromatic rings. The number of aliphatic carboxylic acids is 2. The van der Waals surface area contributed by atoms with E-state index in [9.17, 15) is 14.4 Å². The Labute approximate surface area is 105 Å². The first kappa shape index (κ1) is 16.0. The van der Waals surface area contributed by atoms with Crippen molar-refractivity contribution in [3.8, 4) is 0 Å². The minimum Gasteiger partial charge on any atom is -0.481 e. The summed E-state index contributed by atoms with van der Waals surface area (Å²) in [4.78, 5) is 32.4. The second-order valence-corrected chi connectivity index (χ2v) is 3.96. The molecule has 0 aromatic heterocycles. The molecule has 0 bridgehead atoms. The second kappa shape index (κ2) is 8.10. The molecule has 1 atom stereocenters. The van der Waals surface area contributed by atoms with Crippen LogP contribution in [-0.2, 0) is 9.59 Å². The molecule has 18 heavy (non-hydrogen) atoms. The molecule has 0 saturated heterocycles. The van der Waals surface area contributed by atoms with E-state index in [0.29, 0.717) is 6.54 Å². The summed E-state index contributed by atoms with van der Waals surface area (Å²) < 4.78 is 0. The summed E-state index contributed by atoms with van der Waals surface area (Å²) in [6.07, 6.45) is 1.30. The smallest absolute Gasteiger partial charge is 0.326 e. The predicted octanol–water partition coefficient (Wildman–Crippen LogP) is 0.570. The Morgan fingerprint density at radius 2 is 1.83 bits per heavy atom. The van der Waals surface area contributed by atoms with Crippen LogP contribution in [0.3, 0.4) is 0 Å². The Bertz CT molecular complexity index is 347. The molecule has 0 saturated carbocycles. The molecule has 0 fully saturated rings. The first-order valence-electron chi connectivity index (χ1n) is 5.45. The third kappa shape index (κ3) is 8.14. The van der Waals surface area contributed by atoms with Gasteiger partial charge in [0.25, 0.3) is 0 Å². The van der Waals surface area contributed by atoms with Gasteiger partial charge in [0.1, 0.15) is 6.04 Å². The fourth-order valence-electron chi connectivity index (χ4n) is 1.08. The van der Waals surface area contributed by atoms with E-state index in [2.05, 4.69) is 10.6 Å². The van der Waals surface area contributed by atoms with E-state index in [1.165, 1.54) is 0 Å². The maximum absolute atomic E-state index is 11.3. The lowest BCUT2D eigenvalue weighted by molar-refractivity contribution is -0.140. The highest BCUT2D eigenvalue weighted by Gasteiger charge is 2.20. The Morgan fingerprint density at radius 1 is 1.22 bits per heavy atom. The number of amides is 2. The summed E-state index contributed by atoms with van der Waals surface area (Å²) in [6, 6.07) is -1.84. The number of hydrogen-bond donors (Lipinski definition) is 4. The summed E-state index contributed by atoms with van der Waals surface area (Å²) in [5.41, 5.74) is 1.02. The van der Waals surface area contributed by atoms with Gasteiger partial charge in [-0.3, -0.25) is 4.79 Å². The minimum atomic E-state index is -1.26. The van der Waals surface area contributed by atoms with E-state index in [4.69, 9.17) is 10.2 Å². The predicted molar refractivity (Wildman–Crippen MR) is 64.3 cm³/mol. The number of hydrogen-bond acceptors (Lipinski definition) is 3. The summed E-state index contributed by atoms with van der Waals surface area (Å²) in [6.45, 7) is 4.03. The lowest BCUT2D eigenvalue weighted by Gasteiger charge is -2.13. The molecule has 0 aromatic carbocycles. The van der Waals surface area contributed by atoms with E-state index in [1.807, 2.05) is 13.8 Å². The van der Waals surface area contributed by atoms with Gasteiger partial charge in [0.15, 0.2) is 0 Å². The SMILES string of the molecule is CC(C)=CCNC(=O)N[C@@H](CCC(=O)O)C(=O)O. The number of carbonyl (C=O) groups is 3. The van der Waals surface area contributed by atoms with Crippen molar-refractivity contribution >= 4 is 18.0 Å².